The van der Waals surface area contributed by atoms with Crippen molar-refractivity contribution < 1.29 is 13.5 Å². The Morgan fingerprint density at radius 2 is 1.95 bits per heavy atom. The van der Waals surface area contributed by atoms with Crippen LogP contribution >= 0.6 is 15.9 Å². The monoisotopic (exact) mass is 382 g/mol. The van der Waals surface area contributed by atoms with Crippen molar-refractivity contribution >= 4 is 37.4 Å². The van der Waals surface area contributed by atoms with E-state index in [1.165, 1.54) is 25.4 Å². The molecular formula is C12H9BrN5O3S-. The molecule has 0 saturated carbocycles. The van der Waals surface area contributed by atoms with Crippen molar-refractivity contribution in [3.05, 3.63) is 40.8 Å². The summed E-state index contributed by atoms with van der Waals surface area (Å²) in [5.41, 5.74) is 0.0760. The van der Waals surface area contributed by atoms with Gasteiger partial charge in [-0.05, 0) is 31.2 Å². The van der Waals surface area contributed by atoms with Crippen LogP contribution in [0, 0.1) is 6.92 Å². The minimum Gasteiger partial charge on any atom is -0.857 e. The Morgan fingerprint density at radius 1 is 1.27 bits per heavy atom. The first-order valence-electron chi connectivity index (χ1n) is 6.04. The van der Waals surface area contributed by atoms with Gasteiger partial charge in [-0.25, -0.2) is 17.9 Å². The number of aryl methyl sites for hydroxylation is 1. The molecular weight excluding hydrogens is 374 g/mol. The lowest BCUT2D eigenvalue weighted by Crippen LogP contribution is -2.18. The van der Waals surface area contributed by atoms with Gasteiger partial charge >= 0.3 is 0 Å². The van der Waals surface area contributed by atoms with Gasteiger partial charge in [0.25, 0.3) is 15.8 Å². The van der Waals surface area contributed by atoms with Gasteiger partial charge in [0.2, 0.25) is 0 Å². The molecule has 1 N–H and O–H groups in total. The number of anilines is 1. The van der Waals surface area contributed by atoms with Gasteiger partial charge in [-0.15, -0.1) is 0 Å². The van der Waals surface area contributed by atoms with Gasteiger partial charge < -0.3 is 5.11 Å². The largest absolute Gasteiger partial charge is 0.857 e. The Balaban J connectivity index is 2.07. The molecule has 0 unspecified atom stereocenters. The maximum atomic E-state index is 12.4. The van der Waals surface area contributed by atoms with Crippen LogP contribution in [-0.2, 0) is 10.0 Å². The van der Waals surface area contributed by atoms with Gasteiger partial charge in [0, 0.05) is 10.4 Å². The number of fused-ring (bicyclic) bond motifs is 1. The quantitative estimate of drug-likeness (QED) is 0.724. The van der Waals surface area contributed by atoms with Crippen LogP contribution in [0.3, 0.4) is 0 Å². The van der Waals surface area contributed by atoms with Crippen LogP contribution in [0.5, 0.6) is 5.88 Å². The number of rotatable bonds is 3. The Bertz CT molecular complexity index is 953. The average Bonchev–Trinajstić information content (AvgIpc) is 2.92. The van der Waals surface area contributed by atoms with E-state index in [1.54, 1.807) is 12.1 Å². The second kappa shape index (κ2) is 5.21. The molecule has 0 aliphatic carbocycles. The van der Waals surface area contributed by atoms with E-state index in [9.17, 15) is 13.5 Å². The molecule has 0 spiro atoms. The molecule has 0 aliphatic rings. The van der Waals surface area contributed by atoms with Crippen LogP contribution in [0.2, 0.25) is 0 Å². The molecule has 0 saturated heterocycles. The van der Waals surface area contributed by atoms with E-state index in [0.717, 1.165) is 8.99 Å². The van der Waals surface area contributed by atoms with E-state index in [0.29, 0.717) is 0 Å². The smallest absolute Gasteiger partial charge is 0.261 e. The lowest BCUT2D eigenvalue weighted by molar-refractivity contribution is -0.276. The molecule has 114 valence electrons. The zero-order chi connectivity index (χ0) is 15.9. The normalized spacial score (nSPS) is 11.7. The summed E-state index contributed by atoms with van der Waals surface area (Å²) in [6.07, 6.45) is 1.18. The third kappa shape index (κ3) is 2.50. The van der Waals surface area contributed by atoms with Crippen molar-refractivity contribution in [3.63, 3.8) is 0 Å². The van der Waals surface area contributed by atoms with E-state index in [1.807, 2.05) is 0 Å². The fraction of sp³-hybridized carbons (Fsp3) is 0.0833. The van der Waals surface area contributed by atoms with Crippen molar-refractivity contribution in [1.29, 1.82) is 0 Å². The molecule has 3 rings (SSSR count). The summed E-state index contributed by atoms with van der Waals surface area (Å²) in [7, 11) is -3.90. The Labute approximate surface area is 134 Å². The second-order valence-electron chi connectivity index (χ2n) is 4.41. The number of halogens is 1. The van der Waals surface area contributed by atoms with Crippen LogP contribution in [0.25, 0.3) is 5.78 Å². The number of aromatic nitrogens is 4. The van der Waals surface area contributed by atoms with Crippen LogP contribution in [0.15, 0.2) is 40.0 Å². The molecule has 2 heterocycles. The zero-order valence-corrected chi connectivity index (χ0v) is 13.6. The van der Waals surface area contributed by atoms with Crippen molar-refractivity contribution in [3.8, 4) is 5.88 Å². The molecule has 0 atom stereocenters. The summed E-state index contributed by atoms with van der Waals surface area (Å²) >= 11 is 3.23. The highest BCUT2D eigenvalue weighted by atomic mass is 79.9. The molecule has 1 aromatic carbocycles. The summed E-state index contributed by atoms with van der Waals surface area (Å²) in [6, 6.07) is 6.04. The molecule has 0 fully saturated rings. The average molecular weight is 383 g/mol. The molecule has 0 aliphatic heterocycles. The highest BCUT2D eigenvalue weighted by Gasteiger charge is 2.17. The number of benzene rings is 1. The van der Waals surface area contributed by atoms with Gasteiger partial charge in [-0.1, -0.05) is 15.9 Å². The molecule has 3 aromatic rings. The molecule has 22 heavy (non-hydrogen) atoms. The van der Waals surface area contributed by atoms with Crippen LogP contribution in [0.1, 0.15) is 5.69 Å². The molecule has 2 aromatic heterocycles. The number of sulfonamides is 1. The second-order valence-corrected chi connectivity index (χ2v) is 7.01. The number of nitrogens with one attached hydrogen (secondary N) is 1. The third-order valence-electron chi connectivity index (χ3n) is 2.93. The van der Waals surface area contributed by atoms with E-state index >= 15 is 0 Å². The predicted molar refractivity (Wildman–Crippen MR) is 79.9 cm³/mol. The SMILES string of the molecule is Cc1nc2ncnn2c([O-])c1NS(=O)(=O)c1ccc(Br)cc1. The lowest BCUT2D eigenvalue weighted by Gasteiger charge is -2.18. The van der Waals surface area contributed by atoms with Gasteiger partial charge in [0.15, 0.2) is 0 Å². The highest BCUT2D eigenvalue weighted by molar-refractivity contribution is 9.10. The third-order valence-corrected chi connectivity index (χ3v) is 4.82. The van der Waals surface area contributed by atoms with E-state index in [2.05, 4.69) is 35.7 Å². The van der Waals surface area contributed by atoms with E-state index < -0.39 is 15.9 Å². The zero-order valence-electron chi connectivity index (χ0n) is 11.2. The summed E-state index contributed by atoms with van der Waals surface area (Å²) in [6.45, 7) is 1.52. The van der Waals surface area contributed by atoms with Gasteiger partial charge in [0.05, 0.1) is 16.3 Å². The van der Waals surface area contributed by atoms with Gasteiger partial charge in [-0.3, -0.25) is 4.72 Å². The molecule has 0 amide bonds. The van der Waals surface area contributed by atoms with Crippen molar-refractivity contribution in [2.75, 3.05) is 4.72 Å². The van der Waals surface area contributed by atoms with Crippen LogP contribution in [-0.4, -0.2) is 28.0 Å². The van der Waals surface area contributed by atoms with Gasteiger partial charge in [0.1, 0.15) is 6.33 Å². The molecule has 0 radical (unpaired) electrons. The number of nitrogens with zero attached hydrogens (tertiary/aromatic N) is 4. The predicted octanol–water partition coefficient (Wildman–Crippen LogP) is 1.07. The molecule has 10 heteroatoms. The first kappa shape index (κ1) is 14.7. The Morgan fingerprint density at radius 3 is 2.64 bits per heavy atom. The summed E-state index contributed by atoms with van der Waals surface area (Å²) in [5.74, 6) is -0.505. The van der Waals surface area contributed by atoms with Gasteiger partial charge in [-0.2, -0.15) is 10.1 Å². The number of hydrogen-bond donors (Lipinski definition) is 1. The molecule has 8 nitrogen and oxygen atoms in total. The fourth-order valence-electron chi connectivity index (χ4n) is 1.85. The Kier molecular flexibility index (Phi) is 3.49. The van der Waals surface area contributed by atoms with Crippen LogP contribution < -0.4 is 9.83 Å². The van der Waals surface area contributed by atoms with Crippen molar-refractivity contribution in [1.82, 2.24) is 19.6 Å². The van der Waals surface area contributed by atoms with Crippen molar-refractivity contribution in [2.45, 2.75) is 11.8 Å². The number of hydrogen-bond acceptors (Lipinski definition) is 6. The maximum Gasteiger partial charge on any atom is 0.261 e. The lowest BCUT2D eigenvalue weighted by atomic mass is 10.4. The standard InChI is InChI=1S/C12H10BrN5O3S/c1-7-10(11(19)18-12(16-7)14-6-15-18)17-22(20,21)9-4-2-8(13)3-5-9/h2-6,17,19H,1H3/p-1. The topological polar surface area (TPSA) is 112 Å². The maximum absolute atomic E-state index is 12.4. The summed E-state index contributed by atoms with van der Waals surface area (Å²) in [4.78, 5) is 7.88. The summed E-state index contributed by atoms with van der Waals surface area (Å²) < 4.78 is 28.7. The molecule has 0 bridgehead atoms. The van der Waals surface area contributed by atoms with E-state index in [4.69, 9.17) is 0 Å². The van der Waals surface area contributed by atoms with Crippen molar-refractivity contribution in [2.24, 2.45) is 0 Å². The van der Waals surface area contributed by atoms with E-state index in [-0.39, 0.29) is 22.1 Å². The Hall–Kier alpha value is -2.20. The minimum atomic E-state index is -3.90. The first-order valence-corrected chi connectivity index (χ1v) is 8.32. The van der Waals surface area contributed by atoms with Crippen LogP contribution in [0.4, 0.5) is 5.69 Å². The summed E-state index contributed by atoms with van der Waals surface area (Å²) in [5, 5.41) is 16.0. The minimum absolute atomic E-state index is 0.0354. The first-order chi connectivity index (χ1) is 10.4. The fourth-order valence-corrected chi connectivity index (χ4v) is 3.23. The highest BCUT2D eigenvalue weighted by Crippen LogP contribution is 2.26.